The molecule has 0 aliphatic carbocycles. The number of halogens is 2. The predicted octanol–water partition coefficient (Wildman–Crippen LogP) is 4.84. The van der Waals surface area contributed by atoms with Crippen LogP contribution in [0.15, 0.2) is 67.3 Å². The summed E-state index contributed by atoms with van der Waals surface area (Å²) in [5.41, 5.74) is 1.33. The monoisotopic (exact) mass is 380 g/mol. The average Bonchev–Trinajstić information content (AvgIpc) is 2.62. The number of nitrogens with zero attached hydrogens (tertiary/aromatic N) is 1. The number of nitrogens with one attached hydrogen (secondary N) is 1. The molecule has 2 aromatic carbocycles. The second-order valence-electron chi connectivity index (χ2n) is 5.81. The van der Waals surface area contributed by atoms with Gasteiger partial charge in [0.15, 0.2) is 0 Å². The van der Waals surface area contributed by atoms with E-state index in [-0.39, 0.29) is 24.8 Å². The topological polar surface area (TPSA) is 24.5 Å². The normalized spacial score (nSPS) is 15.4. The highest BCUT2D eigenvalue weighted by Gasteiger charge is 2.20. The van der Waals surface area contributed by atoms with E-state index < -0.39 is 0 Å². The van der Waals surface area contributed by atoms with E-state index in [2.05, 4.69) is 41.1 Å². The number of rotatable bonds is 6. The van der Waals surface area contributed by atoms with Gasteiger partial charge in [0.05, 0.1) is 0 Å². The molecule has 0 spiro atoms. The third-order valence-corrected chi connectivity index (χ3v) is 4.23. The van der Waals surface area contributed by atoms with Crippen LogP contribution in [-0.2, 0) is 0 Å². The zero-order valence-corrected chi connectivity index (χ0v) is 15.9. The van der Waals surface area contributed by atoms with Crippen LogP contribution < -0.4 is 10.1 Å². The van der Waals surface area contributed by atoms with E-state index in [0.717, 1.165) is 44.1 Å². The minimum absolute atomic E-state index is 0. The minimum Gasteiger partial charge on any atom is -0.457 e. The molecular weight excluding hydrogens is 355 g/mol. The van der Waals surface area contributed by atoms with Crippen LogP contribution in [0.1, 0.15) is 18.0 Å². The van der Waals surface area contributed by atoms with Crippen LogP contribution in [0.3, 0.4) is 0 Å². The van der Waals surface area contributed by atoms with Crippen molar-refractivity contribution >= 4 is 24.8 Å². The number of hydrogen-bond donors (Lipinski definition) is 1. The molecule has 1 fully saturated rings. The van der Waals surface area contributed by atoms with Gasteiger partial charge in [0.1, 0.15) is 11.5 Å². The first-order valence-corrected chi connectivity index (χ1v) is 8.25. The standard InChI is InChI=1S/C20H24N2O.2ClH/c1-2-6-20(22-15-13-21-14-16-22)17-9-11-19(12-10-17)23-18-7-4-3-5-8-18;;/h2-5,7-12,20-21H,1,6,13-16H2;2*1H/t20-;;/m1../s1. The second-order valence-corrected chi connectivity index (χ2v) is 5.81. The van der Waals surface area contributed by atoms with Gasteiger partial charge in [-0.3, -0.25) is 4.90 Å². The first-order chi connectivity index (χ1) is 11.4. The molecule has 25 heavy (non-hydrogen) atoms. The van der Waals surface area contributed by atoms with E-state index in [1.807, 2.05) is 36.4 Å². The summed E-state index contributed by atoms with van der Waals surface area (Å²) in [5.74, 6) is 1.74. The lowest BCUT2D eigenvalue weighted by Crippen LogP contribution is -2.45. The van der Waals surface area contributed by atoms with Crippen molar-refractivity contribution in [1.82, 2.24) is 10.2 Å². The zero-order chi connectivity index (χ0) is 15.9. The van der Waals surface area contributed by atoms with Crippen molar-refractivity contribution in [3.05, 3.63) is 72.8 Å². The van der Waals surface area contributed by atoms with E-state index in [0.29, 0.717) is 6.04 Å². The molecule has 1 atom stereocenters. The van der Waals surface area contributed by atoms with Crippen LogP contribution in [0.5, 0.6) is 11.5 Å². The average molecular weight is 381 g/mol. The van der Waals surface area contributed by atoms with E-state index in [1.165, 1.54) is 5.56 Å². The summed E-state index contributed by atoms with van der Waals surface area (Å²) in [5, 5.41) is 3.41. The highest BCUT2D eigenvalue weighted by molar-refractivity contribution is 5.85. The Hall–Kier alpha value is -1.52. The summed E-state index contributed by atoms with van der Waals surface area (Å²) in [6, 6.07) is 18.8. The molecule has 0 unspecified atom stereocenters. The molecule has 0 bridgehead atoms. The van der Waals surface area contributed by atoms with Gasteiger partial charge >= 0.3 is 0 Å². The minimum atomic E-state index is 0. The number of para-hydroxylation sites is 1. The number of benzene rings is 2. The molecule has 1 heterocycles. The maximum absolute atomic E-state index is 5.87. The van der Waals surface area contributed by atoms with E-state index in [4.69, 9.17) is 4.74 Å². The fraction of sp³-hybridized carbons (Fsp3) is 0.300. The maximum Gasteiger partial charge on any atom is 0.127 e. The maximum atomic E-state index is 5.87. The summed E-state index contributed by atoms with van der Waals surface area (Å²) < 4.78 is 5.87. The fourth-order valence-electron chi connectivity index (χ4n) is 3.03. The Morgan fingerprint density at radius 2 is 1.56 bits per heavy atom. The first kappa shape index (κ1) is 21.5. The van der Waals surface area contributed by atoms with Gasteiger partial charge < -0.3 is 10.1 Å². The summed E-state index contributed by atoms with van der Waals surface area (Å²) in [6.45, 7) is 8.21. The summed E-state index contributed by atoms with van der Waals surface area (Å²) >= 11 is 0. The van der Waals surface area contributed by atoms with Crippen molar-refractivity contribution in [2.45, 2.75) is 12.5 Å². The Morgan fingerprint density at radius 3 is 2.16 bits per heavy atom. The molecule has 136 valence electrons. The number of hydrogen-bond acceptors (Lipinski definition) is 3. The summed E-state index contributed by atoms with van der Waals surface area (Å²) in [4.78, 5) is 2.53. The molecule has 0 radical (unpaired) electrons. The Bertz CT molecular complexity index is 613. The van der Waals surface area contributed by atoms with Crippen molar-refractivity contribution in [2.75, 3.05) is 26.2 Å². The molecule has 3 nitrogen and oxygen atoms in total. The molecule has 1 saturated heterocycles. The molecule has 0 amide bonds. The van der Waals surface area contributed by atoms with Gasteiger partial charge in [-0.25, -0.2) is 0 Å². The van der Waals surface area contributed by atoms with Gasteiger partial charge in [-0.1, -0.05) is 36.4 Å². The SMILES string of the molecule is C=CC[C@H](c1ccc(Oc2ccccc2)cc1)N1CCNCC1.Cl.Cl. The molecule has 1 aliphatic heterocycles. The van der Waals surface area contributed by atoms with Crippen molar-refractivity contribution in [1.29, 1.82) is 0 Å². The van der Waals surface area contributed by atoms with Crippen molar-refractivity contribution in [2.24, 2.45) is 0 Å². The Labute approximate surface area is 162 Å². The fourth-order valence-corrected chi connectivity index (χ4v) is 3.03. The quantitative estimate of drug-likeness (QED) is 0.725. The molecule has 0 saturated carbocycles. The second kappa shape index (κ2) is 11.2. The summed E-state index contributed by atoms with van der Waals surface area (Å²) in [7, 11) is 0. The molecule has 2 aromatic rings. The molecule has 5 heteroatoms. The van der Waals surface area contributed by atoms with Gasteiger partial charge in [0.2, 0.25) is 0 Å². The van der Waals surface area contributed by atoms with Crippen molar-refractivity contribution in [3.8, 4) is 11.5 Å². The number of piperazine rings is 1. The van der Waals surface area contributed by atoms with Crippen LogP contribution in [0, 0.1) is 0 Å². The lowest BCUT2D eigenvalue weighted by Gasteiger charge is -2.34. The predicted molar refractivity (Wildman–Crippen MR) is 109 cm³/mol. The van der Waals surface area contributed by atoms with E-state index >= 15 is 0 Å². The van der Waals surface area contributed by atoms with E-state index in [9.17, 15) is 0 Å². The van der Waals surface area contributed by atoms with Gasteiger partial charge in [-0.05, 0) is 36.2 Å². The molecule has 1 N–H and O–H groups in total. The third kappa shape index (κ3) is 6.05. The van der Waals surface area contributed by atoms with Crippen molar-refractivity contribution < 1.29 is 4.74 Å². The van der Waals surface area contributed by atoms with Gasteiger partial charge in [0, 0.05) is 32.2 Å². The Balaban J connectivity index is 0.00000156. The molecule has 3 rings (SSSR count). The van der Waals surface area contributed by atoms with E-state index in [1.54, 1.807) is 0 Å². The van der Waals surface area contributed by atoms with Crippen LogP contribution in [-0.4, -0.2) is 31.1 Å². The number of ether oxygens (including phenoxy) is 1. The molecule has 1 aliphatic rings. The summed E-state index contributed by atoms with van der Waals surface area (Å²) in [6.07, 6.45) is 2.99. The highest BCUT2D eigenvalue weighted by Crippen LogP contribution is 2.28. The Kier molecular flexibility index (Phi) is 9.61. The molecule has 0 aromatic heterocycles. The largest absolute Gasteiger partial charge is 0.457 e. The highest BCUT2D eigenvalue weighted by atomic mass is 35.5. The van der Waals surface area contributed by atoms with Crippen LogP contribution >= 0.6 is 24.8 Å². The molecular formula is C20H26Cl2N2O. The first-order valence-electron chi connectivity index (χ1n) is 8.25. The lowest BCUT2D eigenvalue weighted by molar-refractivity contribution is 0.174. The van der Waals surface area contributed by atoms with Crippen LogP contribution in [0.2, 0.25) is 0 Å². The lowest BCUT2D eigenvalue weighted by atomic mass is 10.0. The Morgan fingerprint density at radius 1 is 0.960 bits per heavy atom. The third-order valence-electron chi connectivity index (χ3n) is 4.23. The zero-order valence-electron chi connectivity index (χ0n) is 14.3. The van der Waals surface area contributed by atoms with Crippen molar-refractivity contribution in [3.63, 3.8) is 0 Å². The van der Waals surface area contributed by atoms with Crippen LogP contribution in [0.4, 0.5) is 0 Å². The van der Waals surface area contributed by atoms with Gasteiger partial charge in [-0.15, -0.1) is 31.4 Å². The van der Waals surface area contributed by atoms with Gasteiger partial charge in [0.25, 0.3) is 0 Å². The van der Waals surface area contributed by atoms with Gasteiger partial charge in [-0.2, -0.15) is 0 Å². The smallest absolute Gasteiger partial charge is 0.127 e. The van der Waals surface area contributed by atoms with Crippen LogP contribution in [0.25, 0.3) is 0 Å².